The molecule has 4 rings (SSSR count). The maximum atomic E-state index is 12.9. The van der Waals surface area contributed by atoms with Crippen LogP contribution in [0.2, 0.25) is 0 Å². The van der Waals surface area contributed by atoms with Crippen molar-refractivity contribution >= 4 is 44.7 Å². The first-order chi connectivity index (χ1) is 15.7. The topological polar surface area (TPSA) is 93.1 Å². The largest absolute Gasteiger partial charge is 0.416 e. The second-order valence-corrected chi connectivity index (χ2v) is 7.89. The van der Waals surface area contributed by atoms with Gasteiger partial charge in [-0.15, -0.1) is 11.3 Å². The fourth-order valence-electron chi connectivity index (χ4n) is 3.06. The third-order valence-corrected chi connectivity index (χ3v) is 5.50. The van der Waals surface area contributed by atoms with Crippen molar-refractivity contribution in [2.24, 2.45) is 0 Å². The van der Waals surface area contributed by atoms with E-state index in [9.17, 15) is 27.6 Å². The lowest BCUT2D eigenvalue weighted by Gasteiger charge is -2.11. The number of alkyl halides is 3. The Morgan fingerprint density at radius 1 is 1.00 bits per heavy atom. The number of benzene rings is 2. The van der Waals surface area contributed by atoms with Crippen LogP contribution in [-0.2, 0) is 17.5 Å². The number of hydrogen-bond acceptors (Lipinski definition) is 5. The molecule has 0 unspecified atom stereocenters. The molecular weight excluding hydrogens is 457 g/mol. The number of amides is 2. The highest BCUT2D eigenvalue weighted by Gasteiger charge is 2.30. The summed E-state index contributed by atoms with van der Waals surface area (Å²) in [5, 5.41) is 6.74. The molecule has 0 radical (unpaired) electrons. The zero-order chi connectivity index (χ0) is 23.6. The Morgan fingerprint density at radius 2 is 1.73 bits per heavy atom. The Morgan fingerprint density at radius 3 is 2.48 bits per heavy atom. The minimum atomic E-state index is -4.53. The number of halogens is 3. The number of thiophene rings is 1. The van der Waals surface area contributed by atoms with Gasteiger partial charge in [-0.3, -0.25) is 19.0 Å². The van der Waals surface area contributed by atoms with Crippen LogP contribution < -0.4 is 16.2 Å². The number of anilines is 2. The summed E-state index contributed by atoms with van der Waals surface area (Å²) in [5.41, 5.74) is -0.258. The molecule has 168 valence electrons. The lowest BCUT2D eigenvalue weighted by Crippen LogP contribution is -2.27. The highest BCUT2D eigenvalue weighted by molar-refractivity contribution is 7.17. The van der Waals surface area contributed by atoms with Crippen LogP contribution in [-0.4, -0.2) is 21.4 Å². The van der Waals surface area contributed by atoms with Gasteiger partial charge in [0.2, 0.25) is 5.91 Å². The van der Waals surface area contributed by atoms with Crippen molar-refractivity contribution in [1.29, 1.82) is 0 Å². The first-order valence-electron chi connectivity index (χ1n) is 9.52. The summed E-state index contributed by atoms with van der Waals surface area (Å²) in [4.78, 5) is 41.4. The van der Waals surface area contributed by atoms with E-state index < -0.39 is 23.6 Å². The van der Waals surface area contributed by atoms with E-state index in [1.807, 2.05) is 0 Å². The molecule has 7 nitrogen and oxygen atoms in total. The van der Waals surface area contributed by atoms with Gasteiger partial charge < -0.3 is 10.6 Å². The van der Waals surface area contributed by atoms with E-state index in [1.165, 1.54) is 52.6 Å². The van der Waals surface area contributed by atoms with E-state index >= 15 is 0 Å². The third kappa shape index (κ3) is 5.09. The monoisotopic (exact) mass is 472 g/mol. The number of carbonyl (C=O) groups excluding carboxylic acids is 2. The Balaban J connectivity index is 1.45. The maximum Gasteiger partial charge on any atom is 0.416 e. The summed E-state index contributed by atoms with van der Waals surface area (Å²) in [6, 6.07) is 11.9. The van der Waals surface area contributed by atoms with Gasteiger partial charge in [0, 0.05) is 16.9 Å². The normalized spacial score (nSPS) is 11.4. The Kier molecular flexibility index (Phi) is 5.97. The second-order valence-electron chi connectivity index (χ2n) is 6.97. The van der Waals surface area contributed by atoms with E-state index in [1.54, 1.807) is 17.5 Å². The molecule has 0 bridgehead atoms. The number of hydrogen-bond donors (Lipinski definition) is 2. The van der Waals surface area contributed by atoms with E-state index in [0.717, 1.165) is 12.1 Å². The van der Waals surface area contributed by atoms with Crippen molar-refractivity contribution < 1.29 is 22.8 Å². The first-order valence-corrected chi connectivity index (χ1v) is 10.4. The minimum absolute atomic E-state index is 0.0138. The SMILES string of the molecule is O=C(Cn1cnc2ccsc2c1=O)Nc1cccc(C(=O)Nc2cccc(C(F)(F)F)c2)c1. The van der Waals surface area contributed by atoms with Gasteiger partial charge >= 0.3 is 6.18 Å². The molecule has 11 heteroatoms. The molecule has 2 N–H and O–H groups in total. The predicted octanol–water partition coefficient (Wildman–Crippen LogP) is 4.37. The van der Waals surface area contributed by atoms with Gasteiger partial charge in [0.25, 0.3) is 11.5 Å². The first kappa shape index (κ1) is 22.2. The van der Waals surface area contributed by atoms with Crippen LogP contribution in [0.4, 0.5) is 24.5 Å². The fourth-order valence-corrected chi connectivity index (χ4v) is 3.85. The molecule has 0 saturated carbocycles. The number of nitrogens with zero attached hydrogens (tertiary/aromatic N) is 2. The molecule has 0 aliphatic heterocycles. The molecule has 2 aromatic heterocycles. The number of fused-ring (bicyclic) bond motifs is 1. The summed E-state index contributed by atoms with van der Waals surface area (Å²) in [6.45, 7) is -0.277. The maximum absolute atomic E-state index is 12.9. The van der Waals surface area contributed by atoms with Crippen molar-refractivity contribution in [3.8, 4) is 0 Å². The molecule has 0 aliphatic carbocycles. The fraction of sp³-hybridized carbons (Fsp3) is 0.0909. The average Bonchev–Trinajstić information content (AvgIpc) is 3.25. The van der Waals surface area contributed by atoms with Crippen LogP contribution in [0.25, 0.3) is 10.2 Å². The minimum Gasteiger partial charge on any atom is -0.325 e. The second kappa shape index (κ2) is 8.87. The van der Waals surface area contributed by atoms with Crippen molar-refractivity contribution in [2.75, 3.05) is 10.6 Å². The van der Waals surface area contributed by atoms with Crippen molar-refractivity contribution in [1.82, 2.24) is 9.55 Å². The number of aromatic nitrogens is 2. The van der Waals surface area contributed by atoms with E-state index in [-0.39, 0.29) is 29.0 Å². The number of carbonyl (C=O) groups is 2. The molecule has 2 amide bonds. The standard InChI is InChI=1S/C22H15F3N4O3S/c23-22(24,25)14-4-2-6-16(10-14)28-20(31)13-3-1-5-15(9-13)27-18(30)11-29-12-26-17-7-8-33-19(17)21(29)32/h1-10,12H,11H2,(H,27,30)(H,28,31). The Hall–Kier alpha value is -3.99. The van der Waals surface area contributed by atoms with Crippen molar-refractivity contribution in [3.05, 3.63) is 87.8 Å². The molecule has 2 aromatic carbocycles. The van der Waals surface area contributed by atoms with Crippen LogP contribution in [0.5, 0.6) is 0 Å². The zero-order valence-corrected chi connectivity index (χ0v) is 17.5. The molecule has 0 spiro atoms. The zero-order valence-electron chi connectivity index (χ0n) is 16.7. The molecule has 2 heterocycles. The van der Waals surface area contributed by atoms with Gasteiger partial charge in [0.05, 0.1) is 17.4 Å². The van der Waals surface area contributed by atoms with Gasteiger partial charge in [0.1, 0.15) is 11.2 Å². The van der Waals surface area contributed by atoms with Gasteiger partial charge in [0.15, 0.2) is 0 Å². The predicted molar refractivity (Wildman–Crippen MR) is 118 cm³/mol. The summed E-state index contributed by atoms with van der Waals surface area (Å²) in [7, 11) is 0. The highest BCUT2D eigenvalue weighted by Crippen LogP contribution is 2.30. The summed E-state index contributed by atoms with van der Waals surface area (Å²) in [5.74, 6) is -1.15. The number of rotatable bonds is 5. The Labute approximate surface area is 188 Å². The molecule has 0 fully saturated rings. The summed E-state index contributed by atoms with van der Waals surface area (Å²) >= 11 is 1.23. The van der Waals surface area contributed by atoms with Crippen LogP contribution >= 0.6 is 11.3 Å². The molecular formula is C22H15F3N4O3S. The molecule has 4 aromatic rings. The molecule has 0 aliphatic rings. The Bertz CT molecular complexity index is 1410. The molecule has 33 heavy (non-hydrogen) atoms. The average molecular weight is 472 g/mol. The van der Waals surface area contributed by atoms with Crippen molar-refractivity contribution in [2.45, 2.75) is 12.7 Å². The third-order valence-electron chi connectivity index (χ3n) is 4.61. The van der Waals surface area contributed by atoms with Crippen LogP contribution in [0, 0.1) is 0 Å². The van der Waals surface area contributed by atoms with E-state index in [2.05, 4.69) is 15.6 Å². The quantitative estimate of drug-likeness (QED) is 0.451. The van der Waals surface area contributed by atoms with Crippen LogP contribution in [0.3, 0.4) is 0 Å². The highest BCUT2D eigenvalue weighted by atomic mass is 32.1. The smallest absolute Gasteiger partial charge is 0.325 e. The van der Waals surface area contributed by atoms with Crippen LogP contribution in [0.15, 0.2) is 71.1 Å². The van der Waals surface area contributed by atoms with Crippen molar-refractivity contribution in [3.63, 3.8) is 0 Å². The van der Waals surface area contributed by atoms with E-state index in [0.29, 0.717) is 10.2 Å². The van der Waals surface area contributed by atoms with Gasteiger partial charge in [-0.1, -0.05) is 12.1 Å². The molecule has 0 saturated heterocycles. The number of nitrogens with one attached hydrogen (secondary N) is 2. The van der Waals surface area contributed by atoms with Gasteiger partial charge in [-0.05, 0) is 47.8 Å². The summed E-state index contributed by atoms with van der Waals surface area (Å²) in [6.07, 6.45) is -3.24. The molecule has 0 atom stereocenters. The van der Waals surface area contributed by atoms with Gasteiger partial charge in [-0.25, -0.2) is 4.98 Å². The lowest BCUT2D eigenvalue weighted by molar-refractivity contribution is -0.137. The van der Waals surface area contributed by atoms with Gasteiger partial charge in [-0.2, -0.15) is 13.2 Å². The van der Waals surface area contributed by atoms with Crippen LogP contribution in [0.1, 0.15) is 15.9 Å². The van der Waals surface area contributed by atoms with E-state index in [4.69, 9.17) is 0 Å². The lowest BCUT2D eigenvalue weighted by atomic mass is 10.1. The summed E-state index contributed by atoms with van der Waals surface area (Å²) < 4.78 is 40.2.